The summed E-state index contributed by atoms with van der Waals surface area (Å²) in [5.74, 6) is 0.951. The summed E-state index contributed by atoms with van der Waals surface area (Å²) >= 11 is 0. The lowest BCUT2D eigenvalue weighted by molar-refractivity contribution is -0.148. The van der Waals surface area contributed by atoms with Crippen LogP contribution in [0.15, 0.2) is 6.20 Å². The molecule has 0 spiro atoms. The maximum absolute atomic E-state index is 12.3. The third kappa shape index (κ3) is 27.5. The average Bonchev–Trinajstić information content (AvgIpc) is 3.52. The van der Waals surface area contributed by atoms with Crippen LogP contribution in [0, 0.1) is 0 Å². The summed E-state index contributed by atoms with van der Waals surface area (Å²) < 4.78 is 5.69. The van der Waals surface area contributed by atoms with Crippen LogP contribution in [0.3, 0.4) is 0 Å². The van der Waals surface area contributed by atoms with Gasteiger partial charge in [-0.25, -0.2) is 4.98 Å². The van der Waals surface area contributed by atoms with Crippen LogP contribution >= 0.6 is 0 Å². The van der Waals surface area contributed by atoms with Gasteiger partial charge in [0.05, 0.1) is 11.9 Å². The highest BCUT2D eigenvalue weighted by Gasteiger charge is 2.14. The van der Waals surface area contributed by atoms with Crippen molar-refractivity contribution in [2.45, 2.75) is 239 Å². The van der Waals surface area contributed by atoms with Gasteiger partial charge < -0.3 is 9.72 Å². The van der Waals surface area contributed by atoms with Gasteiger partial charge in [-0.3, -0.25) is 4.79 Å². The van der Waals surface area contributed by atoms with Crippen molar-refractivity contribution in [1.29, 1.82) is 0 Å². The molecule has 0 aromatic carbocycles. The Hall–Kier alpha value is -1.32. The van der Waals surface area contributed by atoms with E-state index < -0.39 is 0 Å². The fraction of sp³-hybridized carbons (Fsp3) is 0.902. The smallest absolute Gasteiger partial charge is 0.306 e. The molecule has 4 heteroatoms. The Morgan fingerprint density at radius 2 is 0.889 bits per heavy atom. The normalized spacial score (nSPS) is 12.2. The molecule has 1 unspecified atom stereocenters. The second-order valence-electron chi connectivity index (χ2n) is 14.2. The number of rotatable bonds is 35. The number of aryl methyl sites for hydroxylation is 1. The minimum Gasteiger partial charge on any atom is -0.456 e. The van der Waals surface area contributed by atoms with Gasteiger partial charge in [0, 0.05) is 12.8 Å². The maximum Gasteiger partial charge on any atom is 0.306 e. The molecule has 1 heterocycles. The summed E-state index contributed by atoms with van der Waals surface area (Å²) in [6.07, 6.45) is 45.4. The molecule has 0 fully saturated rings. The van der Waals surface area contributed by atoms with E-state index in [1.165, 1.54) is 186 Å². The van der Waals surface area contributed by atoms with E-state index in [0.717, 1.165) is 30.8 Å². The molecule has 264 valence electrons. The van der Waals surface area contributed by atoms with E-state index in [2.05, 4.69) is 23.8 Å². The minimum absolute atomic E-state index is 0.0776. The van der Waals surface area contributed by atoms with Crippen LogP contribution in [0.5, 0.6) is 0 Å². The van der Waals surface area contributed by atoms with Gasteiger partial charge in [0.2, 0.25) is 0 Å². The highest BCUT2D eigenvalue weighted by atomic mass is 16.5. The predicted octanol–water partition coefficient (Wildman–Crippen LogP) is 14.1. The fourth-order valence-electron chi connectivity index (χ4n) is 6.51. The number of H-pyrrole nitrogens is 1. The number of nitrogens with zero attached hydrogens (tertiary/aromatic N) is 1. The lowest BCUT2D eigenvalue weighted by Gasteiger charge is -2.11. The molecule has 0 radical (unpaired) electrons. The Morgan fingerprint density at radius 3 is 1.27 bits per heavy atom. The van der Waals surface area contributed by atoms with E-state index in [9.17, 15) is 4.79 Å². The molecule has 0 aliphatic heterocycles. The van der Waals surface area contributed by atoms with Crippen molar-refractivity contribution >= 4 is 5.97 Å². The Kier molecular flexibility index (Phi) is 30.2. The zero-order chi connectivity index (χ0) is 32.5. The number of ether oxygens (including phenoxy) is 1. The largest absolute Gasteiger partial charge is 0.456 e. The van der Waals surface area contributed by atoms with Crippen molar-refractivity contribution in [3.63, 3.8) is 0 Å². The van der Waals surface area contributed by atoms with E-state index in [4.69, 9.17) is 4.74 Å². The number of aromatic amines is 1. The molecule has 1 N–H and O–H groups in total. The number of carbonyl (C=O) groups is 1. The first kappa shape index (κ1) is 41.7. The number of imidazole rings is 1. The zero-order valence-corrected chi connectivity index (χ0v) is 30.8. The molecule has 1 aromatic rings. The van der Waals surface area contributed by atoms with Gasteiger partial charge in [0.25, 0.3) is 0 Å². The molecular formula is C41H78N2O2. The summed E-state index contributed by atoms with van der Waals surface area (Å²) in [7, 11) is 0. The Labute approximate surface area is 281 Å². The lowest BCUT2D eigenvalue weighted by atomic mass is 10.0. The van der Waals surface area contributed by atoms with Gasteiger partial charge in [0.1, 0.15) is 11.9 Å². The number of unbranched alkanes of at least 4 members (excludes halogenated alkanes) is 29. The number of nitrogens with one attached hydrogen (secondary N) is 1. The van der Waals surface area contributed by atoms with Crippen molar-refractivity contribution < 1.29 is 9.53 Å². The molecule has 0 saturated carbocycles. The zero-order valence-electron chi connectivity index (χ0n) is 30.8. The summed E-state index contributed by atoms with van der Waals surface area (Å²) in [5.41, 5.74) is 0.923. The van der Waals surface area contributed by atoms with E-state index in [1.807, 2.05) is 13.1 Å². The molecule has 0 saturated heterocycles. The van der Waals surface area contributed by atoms with Crippen molar-refractivity contribution in [3.05, 3.63) is 17.7 Å². The predicted molar refractivity (Wildman–Crippen MR) is 196 cm³/mol. The summed E-state index contributed by atoms with van der Waals surface area (Å²) in [5, 5.41) is 0. The number of aromatic nitrogens is 2. The molecule has 0 bridgehead atoms. The van der Waals surface area contributed by atoms with E-state index in [0.29, 0.717) is 6.42 Å². The Balaban J connectivity index is 1.90. The fourth-order valence-corrected chi connectivity index (χ4v) is 6.51. The van der Waals surface area contributed by atoms with E-state index in [1.54, 1.807) is 0 Å². The van der Waals surface area contributed by atoms with Crippen LogP contribution in [-0.4, -0.2) is 15.9 Å². The van der Waals surface area contributed by atoms with Crippen molar-refractivity contribution in [2.75, 3.05) is 0 Å². The molecule has 1 atom stereocenters. The van der Waals surface area contributed by atoms with E-state index >= 15 is 0 Å². The van der Waals surface area contributed by atoms with Crippen LogP contribution in [0.1, 0.15) is 244 Å². The number of esters is 1. The highest BCUT2D eigenvalue weighted by molar-refractivity contribution is 5.69. The average molecular weight is 631 g/mol. The van der Waals surface area contributed by atoms with Crippen LogP contribution < -0.4 is 0 Å². The third-order valence-corrected chi connectivity index (χ3v) is 9.65. The SMILES string of the molecule is CCCCCCCCCCCCCCCCCCc1ncc(C(C)OC(=O)CCCCCCCCCCCCCCCCC)[nH]1. The number of carbonyl (C=O) groups excluding carboxylic acids is 1. The second-order valence-corrected chi connectivity index (χ2v) is 14.2. The first-order valence-electron chi connectivity index (χ1n) is 20.4. The lowest BCUT2D eigenvalue weighted by Crippen LogP contribution is -2.09. The van der Waals surface area contributed by atoms with Crippen molar-refractivity contribution in [2.24, 2.45) is 0 Å². The first-order valence-corrected chi connectivity index (χ1v) is 20.4. The van der Waals surface area contributed by atoms with Gasteiger partial charge >= 0.3 is 5.97 Å². The minimum atomic E-state index is -0.249. The van der Waals surface area contributed by atoms with Gasteiger partial charge in [-0.15, -0.1) is 0 Å². The quantitative estimate of drug-likeness (QED) is 0.0599. The first-order chi connectivity index (χ1) is 22.2. The second kappa shape index (κ2) is 32.6. The monoisotopic (exact) mass is 631 g/mol. The molecule has 1 aromatic heterocycles. The van der Waals surface area contributed by atoms with Crippen LogP contribution in [0.4, 0.5) is 0 Å². The molecule has 1 rings (SSSR count). The molecule has 0 aliphatic carbocycles. The number of hydrogen-bond donors (Lipinski definition) is 1. The standard InChI is InChI=1S/C41H78N2O2/c1-4-6-8-10-12-14-16-18-20-22-23-25-27-29-31-33-35-40-42-37-39(43-40)38(3)45-41(44)36-34-32-30-28-26-24-21-19-17-15-13-11-9-7-5-2/h37-38H,4-36H2,1-3H3,(H,42,43). The maximum atomic E-state index is 12.3. The third-order valence-electron chi connectivity index (χ3n) is 9.65. The van der Waals surface area contributed by atoms with Crippen molar-refractivity contribution in [3.8, 4) is 0 Å². The van der Waals surface area contributed by atoms with Gasteiger partial charge in [-0.05, 0) is 19.8 Å². The highest BCUT2D eigenvalue weighted by Crippen LogP contribution is 2.19. The Bertz CT molecular complexity index is 746. The summed E-state index contributed by atoms with van der Waals surface area (Å²) in [4.78, 5) is 20.3. The topological polar surface area (TPSA) is 55.0 Å². The molecular weight excluding hydrogens is 552 g/mol. The summed E-state index contributed by atoms with van der Waals surface area (Å²) in [6.45, 7) is 6.53. The van der Waals surface area contributed by atoms with Gasteiger partial charge in [-0.1, -0.05) is 200 Å². The number of hydrogen-bond acceptors (Lipinski definition) is 3. The van der Waals surface area contributed by atoms with Gasteiger partial charge in [0.15, 0.2) is 0 Å². The van der Waals surface area contributed by atoms with Crippen LogP contribution in [0.25, 0.3) is 0 Å². The molecule has 0 amide bonds. The van der Waals surface area contributed by atoms with Crippen LogP contribution in [0.2, 0.25) is 0 Å². The van der Waals surface area contributed by atoms with E-state index in [-0.39, 0.29) is 12.1 Å². The Morgan fingerprint density at radius 1 is 0.556 bits per heavy atom. The molecule has 4 nitrogen and oxygen atoms in total. The van der Waals surface area contributed by atoms with Crippen LogP contribution in [-0.2, 0) is 16.0 Å². The molecule has 0 aliphatic rings. The van der Waals surface area contributed by atoms with Gasteiger partial charge in [-0.2, -0.15) is 0 Å². The summed E-state index contributed by atoms with van der Waals surface area (Å²) in [6, 6.07) is 0. The van der Waals surface area contributed by atoms with Crippen molar-refractivity contribution in [1.82, 2.24) is 9.97 Å². The molecule has 45 heavy (non-hydrogen) atoms.